The molecule has 0 aromatic heterocycles. The number of rotatable bonds is 5. The lowest BCUT2D eigenvalue weighted by atomic mass is 9.88. The van der Waals surface area contributed by atoms with Crippen molar-refractivity contribution in [3.8, 4) is 0 Å². The van der Waals surface area contributed by atoms with Crippen LogP contribution in [0.25, 0.3) is 0 Å². The average molecular weight is 297 g/mol. The summed E-state index contributed by atoms with van der Waals surface area (Å²) in [4.78, 5) is 0. The molecular weight excluding hydrogens is 280 g/mol. The third-order valence-electron chi connectivity index (χ3n) is 2.95. The molecule has 1 unspecified atom stereocenters. The van der Waals surface area contributed by atoms with Crippen molar-refractivity contribution in [1.29, 1.82) is 0 Å². The van der Waals surface area contributed by atoms with E-state index in [0.29, 0.717) is 21.6 Å². The molecule has 0 saturated carbocycles. The summed E-state index contributed by atoms with van der Waals surface area (Å²) < 4.78 is 0. The molecule has 2 N–H and O–H groups in total. The monoisotopic (exact) mass is 295 g/mol. The van der Waals surface area contributed by atoms with Crippen LogP contribution >= 0.6 is 34.8 Å². The van der Waals surface area contributed by atoms with Crippen molar-refractivity contribution in [1.82, 2.24) is 0 Å². The first kappa shape index (κ1) is 14.9. The van der Waals surface area contributed by atoms with Crippen LogP contribution in [0.15, 0.2) is 12.1 Å². The first-order valence-corrected chi connectivity index (χ1v) is 6.54. The molecule has 17 heavy (non-hydrogen) atoms. The van der Waals surface area contributed by atoms with Gasteiger partial charge in [-0.15, -0.1) is 0 Å². The van der Waals surface area contributed by atoms with Gasteiger partial charge in [0.15, 0.2) is 0 Å². The molecule has 0 aliphatic heterocycles. The minimum absolute atomic E-state index is 0.120. The Bertz CT molecular complexity index is 392. The third kappa shape index (κ3) is 3.92. The van der Waals surface area contributed by atoms with Crippen molar-refractivity contribution in [3.63, 3.8) is 0 Å². The summed E-state index contributed by atoms with van der Waals surface area (Å²) in [5, 5.41) is 13.9. The van der Waals surface area contributed by atoms with E-state index in [-0.39, 0.29) is 12.0 Å². The van der Waals surface area contributed by atoms with E-state index < -0.39 is 0 Å². The molecule has 0 bridgehead atoms. The Morgan fingerprint density at radius 3 is 2.29 bits per heavy atom. The molecule has 0 aliphatic carbocycles. The second kappa shape index (κ2) is 6.14. The van der Waals surface area contributed by atoms with E-state index in [1.54, 1.807) is 12.1 Å². The van der Waals surface area contributed by atoms with Gasteiger partial charge in [-0.05, 0) is 18.6 Å². The van der Waals surface area contributed by atoms with Gasteiger partial charge in [0.1, 0.15) is 0 Å². The molecule has 0 saturated heterocycles. The Hall–Kier alpha value is -0.150. The molecule has 0 radical (unpaired) electrons. The zero-order chi connectivity index (χ0) is 13.1. The SMILES string of the molecule is CCC(C)(CO)CNc1cc(Cl)c(Cl)cc1Cl. The van der Waals surface area contributed by atoms with Gasteiger partial charge in [-0.3, -0.25) is 0 Å². The van der Waals surface area contributed by atoms with Gasteiger partial charge in [-0.1, -0.05) is 48.7 Å². The minimum Gasteiger partial charge on any atom is -0.396 e. The molecule has 1 atom stereocenters. The van der Waals surface area contributed by atoms with Crippen LogP contribution in [0, 0.1) is 5.41 Å². The summed E-state index contributed by atoms with van der Waals surface area (Å²) in [6.45, 7) is 4.78. The summed E-state index contributed by atoms with van der Waals surface area (Å²) in [7, 11) is 0. The summed E-state index contributed by atoms with van der Waals surface area (Å²) >= 11 is 17.8. The summed E-state index contributed by atoms with van der Waals surface area (Å²) in [5.41, 5.74) is 0.560. The smallest absolute Gasteiger partial charge is 0.0653 e. The largest absolute Gasteiger partial charge is 0.396 e. The molecular formula is C12H16Cl3NO. The zero-order valence-electron chi connectivity index (χ0n) is 9.86. The van der Waals surface area contributed by atoms with Gasteiger partial charge < -0.3 is 10.4 Å². The Morgan fingerprint density at radius 1 is 1.18 bits per heavy atom. The molecule has 0 amide bonds. The third-order valence-corrected chi connectivity index (χ3v) is 3.99. The first-order valence-electron chi connectivity index (χ1n) is 5.41. The van der Waals surface area contributed by atoms with Crippen LogP contribution in [-0.4, -0.2) is 18.3 Å². The molecule has 1 aromatic rings. The fourth-order valence-electron chi connectivity index (χ4n) is 1.26. The van der Waals surface area contributed by atoms with Crippen molar-refractivity contribution in [3.05, 3.63) is 27.2 Å². The van der Waals surface area contributed by atoms with Crippen LogP contribution in [0.2, 0.25) is 15.1 Å². The zero-order valence-corrected chi connectivity index (χ0v) is 12.1. The van der Waals surface area contributed by atoms with Crippen molar-refractivity contribution in [2.75, 3.05) is 18.5 Å². The van der Waals surface area contributed by atoms with Crippen LogP contribution in [0.5, 0.6) is 0 Å². The topological polar surface area (TPSA) is 32.3 Å². The second-order valence-electron chi connectivity index (χ2n) is 4.42. The number of aliphatic hydroxyl groups is 1. The lowest BCUT2D eigenvalue weighted by molar-refractivity contribution is 0.149. The Labute approximate surface area is 117 Å². The van der Waals surface area contributed by atoms with Crippen LogP contribution < -0.4 is 5.32 Å². The molecule has 1 rings (SSSR count). The van der Waals surface area contributed by atoms with Crippen LogP contribution in [-0.2, 0) is 0 Å². The van der Waals surface area contributed by atoms with E-state index in [4.69, 9.17) is 34.8 Å². The van der Waals surface area contributed by atoms with Crippen molar-refractivity contribution in [2.24, 2.45) is 5.41 Å². The molecule has 0 fully saturated rings. The summed E-state index contributed by atoms with van der Waals surface area (Å²) in [6, 6.07) is 3.30. The molecule has 0 spiro atoms. The van der Waals surface area contributed by atoms with Gasteiger partial charge in [-0.2, -0.15) is 0 Å². The van der Waals surface area contributed by atoms with E-state index >= 15 is 0 Å². The number of hydrogen-bond acceptors (Lipinski definition) is 2. The highest BCUT2D eigenvalue weighted by molar-refractivity contribution is 6.44. The Kier molecular flexibility index (Phi) is 5.39. The van der Waals surface area contributed by atoms with Gasteiger partial charge >= 0.3 is 0 Å². The number of hydrogen-bond donors (Lipinski definition) is 2. The Morgan fingerprint density at radius 2 is 1.76 bits per heavy atom. The van der Waals surface area contributed by atoms with E-state index in [9.17, 15) is 5.11 Å². The maximum absolute atomic E-state index is 9.31. The summed E-state index contributed by atoms with van der Waals surface area (Å²) in [6.07, 6.45) is 0.870. The first-order chi connectivity index (χ1) is 7.91. The lowest BCUT2D eigenvalue weighted by Crippen LogP contribution is -2.29. The highest BCUT2D eigenvalue weighted by Gasteiger charge is 2.21. The minimum atomic E-state index is -0.171. The van der Waals surface area contributed by atoms with Gasteiger partial charge in [-0.25, -0.2) is 0 Å². The Balaban J connectivity index is 2.79. The molecule has 0 aliphatic rings. The van der Waals surface area contributed by atoms with E-state index in [2.05, 4.69) is 5.32 Å². The van der Waals surface area contributed by atoms with Gasteiger partial charge in [0.2, 0.25) is 0 Å². The fraction of sp³-hybridized carbons (Fsp3) is 0.500. The van der Waals surface area contributed by atoms with Gasteiger partial charge in [0.05, 0.1) is 27.4 Å². The number of anilines is 1. The van der Waals surface area contributed by atoms with Crippen LogP contribution in [0.1, 0.15) is 20.3 Å². The quantitative estimate of drug-likeness (QED) is 0.786. The molecule has 0 heterocycles. The van der Waals surface area contributed by atoms with Gasteiger partial charge in [0, 0.05) is 12.0 Å². The van der Waals surface area contributed by atoms with Crippen molar-refractivity contribution in [2.45, 2.75) is 20.3 Å². The highest BCUT2D eigenvalue weighted by Crippen LogP contribution is 2.33. The molecule has 1 aromatic carbocycles. The second-order valence-corrected chi connectivity index (χ2v) is 5.64. The molecule has 96 valence electrons. The maximum Gasteiger partial charge on any atom is 0.0653 e. The van der Waals surface area contributed by atoms with Crippen LogP contribution in [0.3, 0.4) is 0 Å². The van der Waals surface area contributed by atoms with E-state index in [0.717, 1.165) is 12.1 Å². The molecule has 2 nitrogen and oxygen atoms in total. The lowest BCUT2D eigenvalue weighted by Gasteiger charge is -2.26. The van der Waals surface area contributed by atoms with E-state index in [1.165, 1.54) is 0 Å². The van der Waals surface area contributed by atoms with E-state index in [1.807, 2.05) is 13.8 Å². The number of nitrogens with one attached hydrogen (secondary N) is 1. The highest BCUT2D eigenvalue weighted by atomic mass is 35.5. The number of halogens is 3. The number of benzene rings is 1. The predicted molar refractivity (Wildman–Crippen MR) is 75.4 cm³/mol. The average Bonchev–Trinajstić information content (AvgIpc) is 2.32. The fourth-order valence-corrected chi connectivity index (χ4v) is 1.87. The maximum atomic E-state index is 9.31. The number of aliphatic hydroxyl groups excluding tert-OH is 1. The van der Waals surface area contributed by atoms with Crippen molar-refractivity contribution >= 4 is 40.5 Å². The normalized spacial score (nSPS) is 14.5. The van der Waals surface area contributed by atoms with Gasteiger partial charge in [0.25, 0.3) is 0 Å². The standard InChI is InChI=1S/C12H16Cl3NO/c1-3-12(2,7-17)6-16-11-5-9(14)8(13)4-10(11)15/h4-5,16-17H,3,6-7H2,1-2H3. The summed E-state index contributed by atoms with van der Waals surface area (Å²) in [5.74, 6) is 0. The van der Waals surface area contributed by atoms with Crippen LogP contribution in [0.4, 0.5) is 5.69 Å². The predicted octanol–water partition coefficient (Wildman–Crippen LogP) is 4.47. The molecule has 5 heteroatoms. The van der Waals surface area contributed by atoms with Crippen molar-refractivity contribution < 1.29 is 5.11 Å².